The van der Waals surface area contributed by atoms with Crippen molar-refractivity contribution in [1.82, 2.24) is 0 Å². The summed E-state index contributed by atoms with van der Waals surface area (Å²) in [5.41, 5.74) is 1.44. The molecule has 2 heteroatoms. The minimum atomic E-state index is 0.0157. The van der Waals surface area contributed by atoms with Gasteiger partial charge in [0.25, 0.3) is 0 Å². The first-order valence-corrected chi connectivity index (χ1v) is 4.12. The third-order valence-corrected chi connectivity index (χ3v) is 1.80. The molecule has 0 heterocycles. The van der Waals surface area contributed by atoms with E-state index in [0.717, 1.165) is 5.56 Å². The third-order valence-electron chi connectivity index (χ3n) is 1.52. The number of thiol groups is 1. The van der Waals surface area contributed by atoms with E-state index < -0.39 is 0 Å². The SMILES string of the molecule is C#Cc1ccc(C(=O)CS)cc1. The molecule has 0 saturated heterocycles. The lowest BCUT2D eigenvalue weighted by Crippen LogP contribution is -1.99. The molecule has 0 radical (unpaired) electrons. The Morgan fingerprint density at radius 1 is 1.42 bits per heavy atom. The van der Waals surface area contributed by atoms with E-state index in [2.05, 4.69) is 18.5 Å². The van der Waals surface area contributed by atoms with Crippen molar-refractivity contribution in [2.75, 3.05) is 5.75 Å². The summed E-state index contributed by atoms with van der Waals surface area (Å²) in [5.74, 6) is 2.73. The van der Waals surface area contributed by atoms with Crippen LogP contribution in [0.5, 0.6) is 0 Å². The Kier molecular flexibility index (Phi) is 2.95. The number of ketones is 1. The summed E-state index contributed by atoms with van der Waals surface area (Å²) in [4.78, 5) is 11.1. The van der Waals surface area contributed by atoms with E-state index >= 15 is 0 Å². The lowest BCUT2D eigenvalue weighted by atomic mass is 10.1. The molecule has 0 spiro atoms. The molecule has 1 nitrogen and oxygen atoms in total. The lowest BCUT2D eigenvalue weighted by molar-refractivity contribution is 0.102. The number of benzene rings is 1. The van der Waals surface area contributed by atoms with E-state index in [0.29, 0.717) is 5.56 Å². The van der Waals surface area contributed by atoms with E-state index in [1.165, 1.54) is 0 Å². The van der Waals surface area contributed by atoms with Crippen molar-refractivity contribution in [2.24, 2.45) is 0 Å². The molecule has 0 N–H and O–H groups in total. The molecule has 0 aliphatic carbocycles. The van der Waals surface area contributed by atoms with Crippen molar-refractivity contribution in [3.63, 3.8) is 0 Å². The quantitative estimate of drug-likeness (QED) is 0.413. The van der Waals surface area contributed by atoms with Gasteiger partial charge >= 0.3 is 0 Å². The van der Waals surface area contributed by atoms with Crippen LogP contribution in [0.25, 0.3) is 0 Å². The van der Waals surface area contributed by atoms with Gasteiger partial charge in [-0.15, -0.1) is 6.42 Å². The Bertz CT molecular complexity index is 319. The monoisotopic (exact) mass is 176 g/mol. The zero-order chi connectivity index (χ0) is 8.97. The fourth-order valence-corrected chi connectivity index (χ4v) is 1.03. The molecule has 1 aromatic carbocycles. The van der Waals surface area contributed by atoms with Crippen LogP contribution in [0.3, 0.4) is 0 Å². The van der Waals surface area contributed by atoms with Crippen molar-refractivity contribution < 1.29 is 4.79 Å². The predicted molar refractivity (Wildman–Crippen MR) is 52.6 cm³/mol. The Balaban J connectivity index is 2.94. The van der Waals surface area contributed by atoms with Crippen molar-refractivity contribution in [2.45, 2.75) is 0 Å². The molecule has 0 aliphatic rings. The maximum atomic E-state index is 11.1. The van der Waals surface area contributed by atoms with Gasteiger partial charge in [0.1, 0.15) is 0 Å². The van der Waals surface area contributed by atoms with Crippen molar-refractivity contribution in [3.05, 3.63) is 35.4 Å². The zero-order valence-electron chi connectivity index (χ0n) is 6.45. The van der Waals surface area contributed by atoms with Gasteiger partial charge in [0.2, 0.25) is 0 Å². The second-order valence-electron chi connectivity index (χ2n) is 2.30. The molecule has 60 valence electrons. The number of rotatable bonds is 2. The molecule has 0 unspecified atom stereocenters. The lowest BCUT2D eigenvalue weighted by Gasteiger charge is -1.96. The maximum Gasteiger partial charge on any atom is 0.172 e. The first-order valence-electron chi connectivity index (χ1n) is 3.48. The van der Waals surface area contributed by atoms with Crippen LogP contribution in [0, 0.1) is 12.3 Å². The van der Waals surface area contributed by atoms with E-state index in [1.807, 2.05) is 0 Å². The molecule has 0 atom stereocenters. The molecule has 1 rings (SSSR count). The van der Waals surface area contributed by atoms with E-state index in [9.17, 15) is 4.79 Å². The molecule has 0 aliphatic heterocycles. The van der Waals surface area contributed by atoms with Gasteiger partial charge in [-0.25, -0.2) is 0 Å². The van der Waals surface area contributed by atoms with Gasteiger partial charge in [0.15, 0.2) is 5.78 Å². The second kappa shape index (κ2) is 3.99. The number of hydrogen-bond acceptors (Lipinski definition) is 2. The van der Waals surface area contributed by atoms with Crippen molar-refractivity contribution in [3.8, 4) is 12.3 Å². The van der Waals surface area contributed by atoms with E-state index in [4.69, 9.17) is 6.42 Å². The maximum absolute atomic E-state index is 11.1. The summed E-state index contributed by atoms with van der Waals surface area (Å²) in [7, 11) is 0. The number of carbonyl (C=O) groups is 1. The van der Waals surface area contributed by atoms with Crippen LogP contribution in [-0.4, -0.2) is 11.5 Å². The average Bonchev–Trinajstić information content (AvgIpc) is 2.17. The first kappa shape index (κ1) is 8.89. The largest absolute Gasteiger partial charge is 0.293 e. The normalized spacial score (nSPS) is 9.00. The second-order valence-corrected chi connectivity index (χ2v) is 2.62. The number of carbonyl (C=O) groups excluding carboxylic acids is 1. The molecule has 12 heavy (non-hydrogen) atoms. The van der Waals surface area contributed by atoms with Gasteiger partial charge in [-0.3, -0.25) is 4.79 Å². The van der Waals surface area contributed by atoms with Crippen LogP contribution in [0.15, 0.2) is 24.3 Å². The highest BCUT2D eigenvalue weighted by Gasteiger charge is 2.01. The Hall–Kier alpha value is -1.20. The Morgan fingerprint density at radius 3 is 2.42 bits per heavy atom. The third kappa shape index (κ3) is 1.90. The Labute approximate surface area is 77.2 Å². The number of hydrogen-bond donors (Lipinski definition) is 1. The van der Waals surface area contributed by atoms with Crippen LogP contribution in [0.4, 0.5) is 0 Å². The van der Waals surface area contributed by atoms with E-state index in [-0.39, 0.29) is 11.5 Å². The topological polar surface area (TPSA) is 17.1 Å². The van der Waals surface area contributed by atoms with Gasteiger partial charge in [0.05, 0.1) is 5.75 Å². The molecular formula is C10H8OS. The van der Waals surface area contributed by atoms with E-state index in [1.54, 1.807) is 24.3 Å². The van der Waals surface area contributed by atoms with Crippen LogP contribution in [-0.2, 0) is 0 Å². The molecule has 1 aromatic rings. The van der Waals surface area contributed by atoms with Gasteiger partial charge in [0, 0.05) is 11.1 Å². The summed E-state index contributed by atoms with van der Waals surface area (Å²) in [6.07, 6.45) is 5.16. The summed E-state index contributed by atoms with van der Waals surface area (Å²) in [5, 5.41) is 0. The minimum Gasteiger partial charge on any atom is -0.293 e. The minimum absolute atomic E-state index is 0.0157. The van der Waals surface area contributed by atoms with Crippen LogP contribution < -0.4 is 0 Å². The summed E-state index contributed by atoms with van der Waals surface area (Å²) < 4.78 is 0. The number of terminal acetylenes is 1. The highest BCUT2D eigenvalue weighted by molar-refractivity contribution is 7.81. The van der Waals surface area contributed by atoms with Gasteiger partial charge in [-0.1, -0.05) is 18.1 Å². The summed E-state index contributed by atoms with van der Waals surface area (Å²) in [6, 6.07) is 6.93. The van der Waals surface area contributed by atoms with Crippen molar-refractivity contribution in [1.29, 1.82) is 0 Å². The number of Topliss-reactive ketones (excluding diaryl/α,β-unsaturated/α-hetero) is 1. The van der Waals surface area contributed by atoms with Gasteiger partial charge in [-0.2, -0.15) is 12.6 Å². The van der Waals surface area contributed by atoms with Crippen LogP contribution >= 0.6 is 12.6 Å². The summed E-state index contributed by atoms with van der Waals surface area (Å²) >= 11 is 3.89. The van der Waals surface area contributed by atoms with Crippen LogP contribution in [0.2, 0.25) is 0 Å². The van der Waals surface area contributed by atoms with Crippen molar-refractivity contribution >= 4 is 18.4 Å². The highest BCUT2D eigenvalue weighted by Crippen LogP contribution is 2.04. The molecule has 0 aromatic heterocycles. The smallest absolute Gasteiger partial charge is 0.172 e. The molecule has 0 bridgehead atoms. The summed E-state index contributed by atoms with van der Waals surface area (Å²) in [6.45, 7) is 0. The Morgan fingerprint density at radius 2 is 2.00 bits per heavy atom. The highest BCUT2D eigenvalue weighted by atomic mass is 32.1. The first-order chi connectivity index (χ1) is 5.77. The molecule has 0 amide bonds. The standard InChI is InChI=1S/C10H8OS/c1-2-8-3-5-9(6-4-8)10(11)7-12/h1,3-6,12H,7H2. The van der Waals surface area contributed by atoms with Gasteiger partial charge < -0.3 is 0 Å². The van der Waals surface area contributed by atoms with Gasteiger partial charge in [-0.05, 0) is 12.1 Å². The fraction of sp³-hybridized carbons (Fsp3) is 0.100. The fourth-order valence-electron chi connectivity index (χ4n) is 0.844. The zero-order valence-corrected chi connectivity index (χ0v) is 7.34. The average molecular weight is 176 g/mol. The predicted octanol–water partition coefficient (Wildman–Crippen LogP) is 1.78. The molecular weight excluding hydrogens is 168 g/mol. The molecule has 0 saturated carbocycles. The molecule has 0 fully saturated rings. The van der Waals surface area contributed by atoms with Crippen LogP contribution in [0.1, 0.15) is 15.9 Å².